The number of amides is 5. The Morgan fingerprint density at radius 3 is 2.09 bits per heavy atom. The van der Waals surface area contributed by atoms with Crippen molar-refractivity contribution >= 4 is 29.5 Å². The van der Waals surface area contributed by atoms with Gasteiger partial charge in [0.2, 0.25) is 17.6 Å². The van der Waals surface area contributed by atoms with Crippen LogP contribution in [0, 0.1) is 23.7 Å². The van der Waals surface area contributed by atoms with Crippen LogP contribution in [0.25, 0.3) is 0 Å². The van der Waals surface area contributed by atoms with Crippen LogP contribution < -0.4 is 21.7 Å². The molecule has 0 aromatic rings. The van der Waals surface area contributed by atoms with Crippen LogP contribution >= 0.6 is 0 Å². The van der Waals surface area contributed by atoms with E-state index in [4.69, 9.17) is 5.73 Å². The molecule has 10 nitrogen and oxygen atoms in total. The van der Waals surface area contributed by atoms with Gasteiger partial charge in [0.25, 0.3) is 11.8 Å². The van der Waals surface area contributed by atoms with E-state index >= 15 is 0 Å². The van der Waals surface area contributed by atoms with Crippen LogP contribution in [0.1, 0.15) is 104 Å². The Labute approximate surface area is 253 Å². The highest BCUT2D eigenvalue weighted by molar-refractivity contribution is 6.37. The molecule has 0 radical (unpaired) electrons. The van der Waals surface area contributed by atoms with Crippen molar-refractivity contribution in [1.29, 1.82) is 0 Å². The van der Waals surface area contributed by atoms with Gasteiger partial charge >= 0.3 is 6.03 Å². The number of carbonyl (C=O) groups excluding carboxylic acids is 5. The minimum absolute atomic E-state index is 0.0280. The van der Waals surface area contributed by atoms with Gasteiger partial charge in [0.15, 0.2) is 0 Å². The molecule has 5 atom stereocenters. The highest BCUT2D eigenvalue weighted by atomic mass is 19.3. The fraction of sp³-hybridized carbons (Fsp3) is 0.839. The molecule has 4 aliphatic rings. The Bertz CT molecular complexity index is 1070. The number of carbonyl (C=O) groups is 5. The summed E-state index contributed by atoms with van der Waals surface area (Å²) in [6.45, 7) is 6.31. The molecule has 4 fully saturated rings. The van der Waals surface area contributed by atoms with Crippen LogP contribution in [-0.4, -0.2) is 70.6 Å². The average Bonchev–Trinajstić information content (AvgIpc) is 3.33. The molecule has 5 N–H and O–H groups in total. The maximum absolute atomic E-state index is 14.3. The Balaban J connectivity index is 1.53. The van der Waals surface area contributed by atoms with Crippen LogP contribution in [0.2, 0.25) is 0 Å². The molecule has 4 rings (SSSR count). The van der Waals surface area contributed by atoms with Gasteiger partial charge in [-0.3, -0.25) is 19.2 Å². The summed E-state index contributed by atoms with van der Waals surface area (Å²) in [4.78, 5) is 66.9. The topological polar surface area (TPSA) is 151 Å². The lowest BCUT2D eigenvalue weighted by Crippen LogP contribution is -2.60. The lowest BCUT2D eigenvalue weighted by atomic mass is 9.82. The molecule has 43 heavy (non-hydrogen) atoms. The quantitative estimate of drug-likeness (QED) is 0.265. The molecule has 3 saturated carbocycles. The molecule has 12 heteroatoms. The molecular formula is C31H49F2N5O5. The van der Waals surface area contributed by atoms with Crippen molar-refractivity contribution in [3.05, 3.63) is 0 Å². The van der Waals surface area contributed by atoms with Crippen LogP contribution in [0.5, 0.6) is 0 Å². The SMILES string of the molecule is CC(C)[C@@H]1CC(C(=O)NC(CC2CC2(F)F)C(=O)C(N)=O)N(C(=O)C(NC(=O)NC2(C)CCCCC2)C2CCCCC2)C1. The average molecular weight is 610 g/mol. The third kappa shape index (κ3) is 8.23. The zero-order chi connectivity index (χ0) is 31.5. The maximum Gasteiger partial charge on any atom is 0.315 e. The van der Waals surface area contributed by atoms with E-state index < -0.39 is 66.4 Å². The summed E-state index contributed by atoms with van der Waals surface area (Å²) >= 11 is 0. The summed E-state index contributed by atoms with van der Waals surface area (Å²) in [5.41, 5.74) is 4.83. The maximum atomic E-state index is 14.3. The molecule has 1 saturated heterocycles. The number of nitrogens with zero attached hydrogens (tertiary/aromatic N) is 1. The second-order valence-electron chi connectivity index (χ2n) is 14.0. The first-order valence-electron chi connectivity index (χ1n) is 16.1. The highest BCUT2D eigenvalue weighted by Gasteiger charge is 2.58. The van der Waals surface area contributed by atoms with Crippen molar-refractivity contribution in [2.75, 3.05) is 6.54 Å². The number of nitrogens with two attached hydrogens (primary N) is 1. The van der Waals surface area contributed by atoms with Crippen LogP contribution in [0.4, 0.5) is 13.6 Å². The Kier molecular flexibility index (Phi) is 10.4. The summed E-state index contributed by atoms with van der Waals surface area (Å²) in [7, 11) is 0. The van der Waals surface area contributed by atoms with Gasteiger partial charge in [-0.15, -0.1) is 0 Å². The molecule has 1 aliphatic heterocycles. The van der Waals surface area contributed by atoms with Crippen LogP contribution in [0.15, 0.2) is 0 Å². The van der Waals surface area contributed by atoms with Crippen molar-refractivity contribution < 1.29 is 32.8 Å². The van der Waals surface area contributed by atoms with Gasteiger partial charge in [0.1, 0.15) is 12.1 Å². The molecule has 0 spiro atoms. The third-order valence-electron chi connectivity index (χ3n) is 10.3. The van der Waals surface area contributed by atoms with E-state index in [1.807, 2.05) is 20.8 Å². The lowest BCUT2D eigenvalue weighted by molar-refractivity contribution is -0.143. The molecule has 0 bridgehead atoms. The summed E-state index contributed by atoms with van der Waals surface area (Å²) in [5.74, 6) is -7.55. The molecule has 4 unspecified atom stereocenters. The highest BCUT2D eigenvalue weighted by Crippen LogP contribution is 2.51. The summed E-state index contributed by atoms with van der Waals surface area (Å²) in [5, 5.41) is 8.59. The van der Waals surface area contributed by atoms with Crippen LogP contribution in [0.3, 0.4) is 0 Å². The zero-order valence-electron chi connectivity index (χ0n) is 25.8. The van der Waals surface area contributed by atoms with Gasteiger partial charge in [0.05, 0.1) is 6.04 Å². The Morgan fingerprint density at radius 1 is 0.930 bits per heavy atom. The minimum atomic E-state index is -2.95. The van der Waals surface area contributed by atoms with Crippen molar-refractivity contribution in [3.8, 4) is 0 Å². The molecule has 3 aliphatic carbocycles. The number of Topliss-reactive ketones (excluding diaryl/α,β-unsaturated/α-hetero) is 1. The van der Waals surface area contributed by atoms with E-state index in [0.29, 0.717) is 6.42 Å². The van der Waals surface area contributed by atoms with E-state index in [1.54, 1.807) is 0 Å². The van der Waals surface area contributed by atoms with E-state index in [-0.39, 0.29) is 35.7 Å². The summed E-state index contributed by atoms with van der Waals surface area (Å²) in [6, 6.07) is -3.70. The first kappa shape index (κ1) is 33.1. The Morgan fingerprint density at radius 2 is 1.53 bits per heavy atom. The van der Waals surface area contributed by atoms with Gasteiger partial charge in [-0.25, -0.2) is 13.6 Å². The molecule has 5 amide bonds. The van der Waals surface area contributed by atoms with Crippen molar-refractivity contribution in [2.45, 2.75) is 134 Å². The van der Waals surface area contributed by atoms with Gasteiger partial charge in [0, 0.05) is 24.4 Å². The standard InChI is InChI=1S/C31H49F2N5O5/c1-18(2)20-14-23(27(41)35-22(25(39)26(34)40)15-21-16-31(21,32)33)38(17-20)28(42)24(19-10-6-4-7-11-19)36-29(43)37-30(3)12-8-5-9-13-30/h18-24H,4-17H2,1-3H3,(H2,34,40)(H,35,41)(H2,36,37,43)/t20-,21?,22?,23?,24?/m1/s1. The second kappa shape index (κ2) is 13.5. The Hall–Kier alpha value is -2.79. The number of halogens is 2. The van der Waals surface area contributed by atoms with Gasteiger partial charge < -0.3 is 26.6 Å². The number of alkyl halides is 2. The zero-order valence-corrected chi connectivity index (χ0v) is 25.8. The van der Waals surface area contributed by atoms with Crippen LogP contribution in [-0.2, 0) is 19.2 Å². The monoisotopic (exact) mass is 609 g/mol. The van der Waals surface area contributed by atoms with E-state index in [9.17, 15) is 32.8 Å². The lowest BCUT2D eigenvalue weighted by Gasteiger charge is -2.37. The predicted octanol–water partition coefficient (Wildman–Crippen LogP) is 3.41. The number of nitrogens with one attached hydrogen (secondary N) is 3. The first-order valence-corrected chi connectivity index (χ1v) is 16.1. The number of likely N-dealkylation sites (tertiary alicyclic amines) is 1. The van der Waals surface area contributed by atoms with Crippen molar-refractivity contribution in [3.63, 3.8) is 0 Å². The number of primary amides is 1. The summed E-state index contributed by atoms with van der Waals surface area (Å²) < 4.78 is 27.4. The smallest absolute Gasteiger partial charge is 0.315 e. The molecule has 0 aromatic carbocycles. The number of ketones is 1. The van der Waals surface area contributed by atoms with Gasteiger partial charge in [-0.2, -0.15) is 0 Å². The molecular weight excluding hydrogens is 560 g/mol. The third-order valence-corrected chi connectivity index (χ3v) is 10.3. The first-order chi connectivity index (χ1) is 20.2. The van der Waals surface area contributed by atoms with Gasteiger partial charge in [-0.05, 0) is 63.2 Å². The van der Waals surface area contributed by atoms with Crippen molar-refractivity contribution in [1.82, 2.24) is 20.9 Å². The second-order valence-corrected chi connectivity index (χ2v) is 14.0. The fourth-order valence-electron chi connectivity index (χ4n) is 7.26. The van der Waals surface area contributed by atoms with Crippen molar-refractivity contribution in [2.24, 2.45) is 29.4 Å². The predicted molar refractivity (Wildman–Crippen MR) is 156 cm³/mol. The van der Waals surface area contributed by atoms with Gasteiger partial charge in [-0.1, -0.05) is 52.4 Å². The minimum Gasteiger partial charge on any atom is -0.363 e. The number of urea groups is 1. The number of hydrogen-bond donors (Lipinski definition) is 4. The molecule has 0 aromatic heterocycles. The summed E-state index contributed by atoms with van der Waals surface area (Å²) in [6.07, 6.45) is 8.89. The van der Waals surface area contributed by atoms with E-state index in [1.165, 1.54) is 4.90 Å². The van der Waals surface area contributed by atoms with E-state index in [2.05, 4.69) is 16.0 Å². The fourth-order valence-corrected chi connectivity index (χ4v) is 7.26. The molecule has 1 heterocycles. The largest absolute Gasteiger partial charge is 0.363 e. The number of rotatable bonds is 11. The number of hydrogen-bond acceptors (Lipinski definition) is 5. The normalized spacial score (nSPS) is 28.0. The molecule has 242 valence electrons. The van der Waals surface area contributed by atoms with E-state index in [0.717, 1.165) is 64.2 Å².